The van der Waals surface area contributed by atoms with Crippen LogP contribution in [-0.2, 0) is 0 Å². The van der Waals surface area contributed by atoms with Gasteiger partial charge in [0.15, 0.2) is 0 Å². The van der Waals surface area contributed by atoms with E-state index in [1.165, 1.54) is 104 Å². The van der Waals surface area contributed by atoms with Crippen LogP contribution in [0.4, 0.5) is 0 Å². The molecule has 2 heterocycles. The topological polar surface area (TPSA) is 9.86 Å². The summed E-state index contributed by atoms with van der Waals surface area (Å²) in [6.07, 6.45) is 0. The van der Waals surface area contributed by atoms with Gasteiger partial charge in [0.05, 0.1) is 22.1 Å². The number of fused-ring (bicyclic) bond motifs is 12. The molecule has 0 saturated carbocycles. The lowest BCUT2D eigenvalue weighted by Gasteiger charge is -2.16. The van der Waals surface area contributed by atoms with Crippen LogP contribution < -0.4 is 0 Å². The van der Waals surface area contributed by atoms with E-state index in [4.69, 9.17) is 0 Å². The first-order chi connectivity index (χ1) is 27.8. The van der Waals surface area contributed by atoms with Crippen molar-refractivity contribution in [2.75, 3.05) is 0 Å². The number of hydrogen-bond acceptors (Lipinski definition) is 0. The fourth-order valence-electron chi connectivity index (χ4n) is 9.43. The summed E-state index contributed by atoms with van der Waals surface area (Å²) in [5.41, 5.74) is 12.1. The second-order valence-corrected chi connectivity index (χ2v) is 14.9. The average Bonchev–Trinajstić information content (AvgIpc) is 3.79. The molecule has 0 radical (unpaired) electrons. The molecule has 10 aromatic carbocycles. The van der Waals surface area contributed by atoms with Crippen LogP contribution in [0, 0.1) is 0 Å². The molecule has 0 fully saturated rings. The molecule has 12 aromatic rings. The number of rotatable bonds is 4. The van der Waals surface area contributed by atoms with E-state index in [1.54, 1.807) is 0 Å². The second kappa shape index (κ2) is 12.0. The van der Waals surface area contributed by atoms with Gasteiger partial charge in [-0.05, 0) is 115 Å². The van der Waals surface area contributed by atoms with Gasteiger partial charge in [-0.25, -0.2) is 0 Å². The summed E-state index contributed by atoms with van der Waals surface area (Å²) in [5.74, 6) is 0. The number of benzene rings is 10. The molecule has 0 aliphatic heterocycles. The van der Waals surface area contributed by atoms with Crippen LogP contribution in [0.3, 0.4) is 0 Å². The zero-order chi connectivity index (χ0) is 36.7. The zero-order valence-electron chi connectivity index (χ0n) is 30.5. The molecule has 0 N–H and O–H groups in total. The zero-order valence-corrected chi connectivity index (χ0v) is 30.5. The summed E-state index contributed by atoms with van der Waals surface area (Å²) in [6.45, 7) is 0. The Kier molecular flexibility index (Phi) is 6.66. The molecule has 0 saturated heterocycles. The van der Waals surface area contributed by atoms with Crippen molar-refractivity contribution in [3.05, 3.63) is 206 Å². The maximum atomic E-state index is 2.45. The van der Waals surface area contributed by atoms with Crippen molar-refractivity contribution < 1.29 is 0 Å². The Morgan fingerprint density at radius 2 is 0.714 bits per heavy atom. The highest BCUT2D eigenvalue weighted by Gasteiger charge is 2.18. The van der Waals surface area contributed by atoms with Crippen LogP contribution in [-0.4, -0.2) is 9.13 Å². The van der Waals surface area contributed by atoms with Gasteiger partial charge in [0.2, 0.25) is 0 Å². The molecular weight excluding hydrogens is 677 g/mol. The van der Waals surface area contributed by atoms with E-state index in [-0.39, 0.29) is 0 Å². The van der Waals surface area contributed by atoms with Gasteiger partial charge < -0.3 is 9.13 Å². The van der Waals surface area contributed by atoms with E-state index < -0.39 is 0 Å². The third-order valence-electron chi connectivity index (χ3n) is 11.9. The highest BCUT2D eigenvalue weighted by molar-refractivity contribution is 6.28. The van der Waals surface area contributed by atoms with Crippen LogP contribution >= 0.6 is 0 Å². The van der Waals surface area contributed by atoms with Gasteiger partial charge in [0.25, 0.3) is 0 Å². The lowest BCUT2D eigenvalue weighted by molar-refractivity contribution is 1.18. The van der Waals surface area contributed by atoms with Gasteiger partial charge in [0, 0.05) is 32.9 Å². The minimum absolute atomic E-state index is 1.16. The first kappa shape index (κ1) is 31.0. The first-order valence-electron chi connectivity index (χ1n) is 19.4. The lowest BCUT2D eigenvalue weighted by atomic mass is 9.89. The first-order valence-corrected chi connectivity index (χ1v) is 19.4. The van der Waals surface area contributed by atoms with Gasteiger partial charge in [-0.2, -0.15) is 0 Å². The molecule has 0 unspecified atom stereocenters. The van der Waals surface area contributed by atoms with Crippen LogP contribution in [0.1, 0.15) is 0 Å². The molecule has 2 heteroatoms. The molecule has 0 bridgehead atoms. The Labute approximate surface area is 323 Å². The van der Waals surface area contributed by atoms with Crippen molar-refractivity contribution in [1.82, 2.24) is 9.13 Å². The third kappa shape index (κ3) is 4.50. The van der Waals surface area contributed by atoms with Crippen LogP contribution in [0.5, 0.6) is 0 Å². The summed E-state index contributed by atoms with van der Waals surface area (Å²) in [5, 5.41) is 12.7. The summed E-state index contributed by atoms with van der Waals surface area (Å²) in [7, 11) is 0. The van der Waals surface area contributed by atoms with Gasteiger partial charge in [-0.3, -0.25) is 0 Å². The van der Waals surface area contributed by atoms with Crippen molar-refractivity contribution in [1.29, 1.82) is 0 Å². The predicted octanol–water partition coefficient (Wildman–Crippen LogP) is 14.7. The molecule has 0 aliphatic carbocycles. The van der Waals surface area contributed by atoms with Gasteiger partial charge in [-0.1, -0.05) is 146 Å². The fraction of sp³-hybridized carbons (Fsp3) is 0. The maximum absolute atomic E-state index is 2.45. The largest absolute Gasteiger partial charge is 0.309 e. The molecule has 0 spiro atoms. The highest BCUT2D eigenvalue weighted by Crippen LogP contribution is 2.43. The Bertz CT molecular complexity index is 3510. The van der Waals surface area contributed by atoms with Crippen molar-refractivity contribution in [3.63, 3.8) is 0 Å². The van der Waals surface area contributed by atoms with Gasteiger partial charge in [0.1, 0.15) is 0 Å². The fourth-order valence-corrected chi connectivity index (χ4v) is 9.43. The van der Waals surface area contributed by atoms with Crippen molar-refractivity contribution >= 4 is 75.9 Å². The Morgan fingerprint density at radius 1 is 0.232 bits per heavy atom. The van der Waals surface area contributed by atoms with E-state index in [0.29, 0.717) is 0 Å². The minimum Gasteiger partial charge on any atom is -0.309 e. The summed E-state index contributed by atoms with van der Waals surface area (Å²) >= 11 is 0. The predicted molar refractivity (Wildman–Crippen MR) is 239 cm³/mol. The minimum atomic E-state index is 1.16. The van der Waals surface area contributed by atoms with E-state index in [9.17, 15) is 0 Å². The van der Waals surface area contributed by atoms with Crippen molar-refractivity contribution in [2.45, 2.75) is 0 Å². The highest BCUT2D eigenvalue weighted by atomic mass is 15.0. The summed E-state index contributed by atoms with van der Waals surface area (Å²) < 4.78 is 4.83. The van der Waals surface area contributed by atoms with Gasteiger partial charge >= 0.3 is 0 Å². The lowest BCUT2D eigenvalue weighted by Crippen LogP contribution is -1.95. The van der Waals surface area contributed by atoms with Crippen LogP contribution in [0.2, 0.25) is 0 Å². The number of para-hydroxylation sites is 3. The molecule has 0 aliphatic rings. The Hall–Kier alpha value is -7.42. The monoisotopic (exact) mass is 710 g/mol. The maximum Gasteiger partial charge on any atom is 0.0541 e. The van der Waals surface area contributed by atoms with Crippen molar-refractivity contribution in [3.8, 4) is 33.6 Å². The molecule has 2 nitrogen and oxygen atoms in total. The molecule has 260 valence electrons. The van der Waals surface area contributed by atoms with E-state index in [0.717, 1.165) is 5.69 Å². The number of hydrogen-bond donors (Lipinski definition) is 0. The Balaban J connectivity index is 1.07. The standard InChI is InChI=1S/C54H34N2/c1-3-14-35(15-4-1)40-22-13-23-46-47-34-39(28-29-42(47)41-18-7-8-21-45(41)54(40)46)56-51-25-12-10-20-44(51)49-33-37(27-31-53(49)56)36-26-30-52-48(32-36)43-19-9-11-24-50(43)55(52)38-16-5-2-6-17-38/h1-34H. The summed E-state index contributed by atoms with van der Waals surface area (Å²) in [4.78, 5) is 0. The van der Waals surface area contributed by atoms with Crippen LogP contribution in [0.15, 0.2) is 206 Å². The molecule has 12 rings (SSSR count). The molecular formula is C54H34N2. The summed E-state index contributed by atoms with van der Waals surface area (Å²) in [6, 6.07) is 75.7. The normalized spacial score (nSPS) is 11.9. The quantitative estimate of drug-likeness (QED) is 0.161. The van der Waals surface area contributed by atoms with Crippen LogP contribution in [0.25, 0.3) is 110 Å². The number of aromatic nitrogens is 2. The van der Waals surface area contributed by atoms with E-state index in [1.807, 2.05) is 0 Å². The second-order valence-electron chi connectivity index (χ2n) is 14.9. The molecule has 2 aromatic heterocycles. The van der Waals surface area contributed by atoms with E-state index >= 15 is 0 Å². The third-order valence-corrected chi connectivity index (χ3v) is 11.9. The van der Waals surface area contributed by atoms with E-state index in [2.05, 4.69) is 215 Å². The number of nitrogens with zero attached hydrogens (tertiary/aromatic N) is 2. The molecule has 56 heavy (non-hydrogen) atoms. The Morgan fingerprint density at radius 3 is 1.38 bits per heavy atom. The smallest absolute Gasteiger partial charge is 0.0541 e. The van der Waals surface area contributed by atoms with Crippen molar-refractivity contribution in [2.24, 2.45) is 0 Å². The average molecular weight is 711 g/mol. The SMILES string of the molecule is c1ccc(-c2cccc3c4cc(-n5c6ccccc6c6cc(-c7ccc8c(c7)c7ccccc7n8-c7ccccc7)ccc65)ccc4c4ccccc4c23)cc1. The van der Waals surface area contributed by atoms with Gasteiger partial charge in [-0.15, -0.1) is 0 Å². The molecule has 0 atom stereocenters. The molecule has 0 amide bonds.